The first-order chi connectivity index (χ1) is 11.4. The molecule has 131 valence electrons. The van der Waals surface area contributed by atoms with Gasteiger partial charge in [0.15, 0.2) is 0 Å². The number of anilines is 1. The molecule has 1 amide bonds. The summed E-state index contributed by atoms with van der Waals surface area (Å²) < 4.78 is 37.7. The molecular formula is C18H19BF3N2O. The SMILES string of the molecule is O=C(C=C1C2CC3CC1CN(C3)C2)Nc1ccc(C(F)(F)F)cc1.[B]. The summed E-state index contributed by atoms with van der Waals surface area (Å²) >= 11 is 0. The summed E-state index contributed by atoms with van der Waals surface area (Å²) in [6.07, 6.45) is -0.356. The Labute approximate surface area is 146 Å². The van der Waals surface area contributed by atoms with Gasteiger partial charge < -0.3 is 10.2 Å². The van der Waals surface area contributed by atoms with Crippen molar-refractivity contribution in [2.45, 2.75) is 19.0 Å². The van der Waals surface area contributed by atoms with Crippen molar-refractivity contribution in [2.24, 2.45) is 17.8 Å². The zero-order chi connectivity index (χ0) is 16.9. The van der Waals surface area contributed by atoms with Crippen LogP contribution in [0.3, 0.4) is 0 Å². The van der Waals surface area contributed by atoms with Gasteiger partial charge in [0.1, 0.15) is 0 Å². The van der Waals surface area contributed by atoms with Crippen molar-refractivity contribution in [3.05, 3.63) is 41.5 Å². The molecule has 1 aromatic carbocycles. The number of nitrogens with zero attached hydrogens (tertiary/aromatic N) is 1. The first-order valence-electron chi connectivity index (χ1n) is 8.30. The number of rotatable bonds is 2. The van der Waals surface area contributed by atoms with E-state index in [9.17, 15) is 18.0 Å². The zero-order valence-electron chi connectivity index (χ0n) is 13.7. The topological polar surface area (TPSA) is 32.3 Å². The molecule has 0 spiro atoms. The molecule has 1 aliphatic carbocycles. The smallest absolute Gasteiger partial charge is 0.323 e. The Bertz CT molecular complexity index is 655. The summed E-state index contributed by atoms with van der Waals surface area (Å²) in [6, 6.07) is 4.56. The minimum atomic E-state index is -4.36. The Morgan fingerprint density at radius 2 is 1.68 bits per heavy atom. The van der Waals surface area contributed by atoms with Gasteiger partial charge in [-0.15, -0.1) is 0 Å². The molecular weight excluding hydrogens is 328 g/mol. The van der Waals surface area contributed by atoms with Crippen molar-refractivity contribution in [1.82, 2.24) is 4.90 Å². The predicted molar refractivity (Wildman–Crippen MR) is 90.1 cm³/mol. The van der Waals surface area contributed by atoms with E-state index in [1.807, 2.05) is 0 Å². The Hall–Kier alpha value is -1.76. The summed E-state index contributed by atoms with van der Waals surface area (Å²) in [6.45, 7) is 3.26. The lowest BCUT2D eigenvalue weighted by Crippen LogP contribution is -2.54. The van der Waals surface area contributed by atoms with E-state index in [1.54, 1.807) is 6.08 Å². The van der Waals surface area contributed by atoms with Crippen molar-refractivity contribution < 1.29 is 18.0 Å². The molecule has 3 aliphatic heterocycles. The van der Waals surface area contributed by atoms with Gasteiger partial charge in [-0.25, -0.2) is 0 Å². The van der Waals surface area contributed by atoms with Crippen LogP contribution < -0.4 is 5.32 Å². The molecule has 4 bridgehead atoms. The van der Waals surface area contributed by atoms with Crippen LogP contribution in [0.4, 0.5) is 18.9 Å². The minimum Gasteiger partial charge on any atom is -0.323 e. The number of piperidine rings is 3. The van der Waals surface area contributed by atoms with Crippen molar-refractivity contribution in [3.63, 3.8) is 0 Å². The number of carbonyl (C=O) groups is 1. The molecule has 25 heavy (non-hydrogen) atoms. The van der Waals surface area contributed by atoms with Gasteiger partial charge in [0.2, 0.25) is 5.91 Å². The van der Waals surface area contributed by atoms with Crippen LogP contribution in [0.5, 0.6) is 0 Å². The highest BCUT2D eigenvalue weighted by atomic mass is 19.4. The summed E-state index contributed by atoms with van der Waals surface area (Å²) in [7, 11) is 0. The Morgan fingerprint density at radius 1 is 1.08 bits per heavy atom. The second kappa shape index (κ2) is 6.52. The highest BCUT2D eigenvalue weighted by Crippen LogP contribution is 2.46. The zero-order valence-corrected chi connectivity index (χ0v) is 13.7. The lowest BCUT2D eigenvalue weighted by atomic mass is 9.65. The molecule has 2 unspecified atom stereocenters. The second-order valence-electron chi connectivity index (χ2n) is 7.16. The fourth-order valence-electron chi connectivity index (χ4n) is 4.54. The third-order valence-electron chi connectivity index (χ3n) is 5.43. The van der Waals surface area contributed by atoms with Crippen LogP contribution in [0.15, 0.2) is 35.9 Å². The lowest BCUT2D eigenvalue weighted by Gasteiger charge is -2.53. The van der Waals surface area contributed by atoms with Gasteiger partial charge in [0.25, 0.3) is 0 Å². The standard InChI is InChI=1S/C18H19F3N2O.B/c19-18(20,21)14-1-3-15(4-2-14)22-17(24)7-16-12-5-11-6-13(16)10-23(8-11)9-12;/h1-4,7,11-13H,5-6,8-10H2,(H,22,24);. The summed E-state index contributed by atoms with van der Waals surface area (Å²) in [4.78, 5) is 14.7. The highest BCUT2D eigenvalue weighted by Gasteiger charge is 2.44. The maximum absolute atomic E-state index is 12.6. The lowest BCUT2D eigenvalue weighted by molar-refractivity contribution is -0.137. The first-order valence-corrected chi connectivity index (χ1v) is 8.30. The molecule has 7 heteroatoms. The van der Waals surface area contributed by atoms with E-state index < -0.39 is 11.7 Å². The number of nitrogens with one attached hydrogen (secondary N) is 1. The van der Waals surface area contributed by atoms with Gasteiger partial charge in [0, 0.05) is 39.8 Å². The molecule has 3 heterocycles. The van der Waals surface area contributed by atoms with Crippen LogP contribution in [0.25, 0.3) is 0 Å². The Kier molecular flexibility index (Phi) is 4.71. The number of hydrogen-bond acceptors (Lipinski definition) is 2. The van der Waals surface area contributed by atoms with Crippen LogP contribution in [-0.4, -0.2) is 38.9 Å². The number of hydrogen-bond donors (Lipinski definition) is 1. The first kappa shape index (κ1) is 18.0. The van der Waals surface area contributed by atoms with Crippen molar-refractivity contribution in [1.29, 1.82) is 0 Å². The van der Waals surface area contributed by atoms with Crippen LogP contribution in [0.1, 0.15) is 18.4 Å². The number of carbonyl (C=O) groups excluding carboxylic acids is 1. The van der Waals surface area contributed by atoms with Crippen molar-refractivity contribution in [3.8, 4) is 0 Å². The molecule has 1 aromatic rings. The quantitative estimate of drug-likeness (QED) is 0.659. The molecule has 1 saturated carbocycles. The van der Waals surface area contributed by atoms with Crippen LogP contribution in [-0.2, 0) is 11.0 Å². The number of halogens is 3. The fourth-order valence-corrected chi connectivity index (χ4v) is 4.54. The van der Waals surface area contributed by atoms with E-state index in [0.717, 1.165) is 44.0 Å². The van der Waals surface area contributed by atoms with Gasteiger partial charge in [-0.1, -0.05) is 5.57 Å². The molecule has 4 aliphatic rings. The third-order valence-corrected chi connectivity index (χ3v) is 5.43. The van der Waals surface area contributed by atoms with Crippen molar-refractivity contribution in [2.75, 3.05) is 25.0 Å². The van der Waals surface area contributed by atoms with Gasteiger partial charge in [-0.05, 0) is 54.9 Å². The molecule has 1 N–H and O–H groups in total. The van der Waals surface area contributed by atoms with Gasteiger partial charge in [-0.2, -0.15) is 13.2 Å². The molecule has 2 atom stereocenters. The number of alkyl halides is 3. The average Bonchev–Trinajstić information content (AvgIpc) is 2.50. The second-order valence-corrected chi connectivity index (χ2v) is 7.16. The Morgan fingerprint density at radius 3 is 2.20 bits per heavy atom. The highest BCUT2D eigenvalue weighted by molar-refractivity contribution is 5.99. The van der Waals surface area contributed by atoms with Crippen LogP contribution >= 0.6 is 0 Å². The monoisotopic (exact) mass is 347 g/mol. The summed E-state index contributed by atoms with van der Waals surface area (Å²) in [5, 5.41) is 2.68. The van der Waals surface area contributed by atoms with E-state index >= 15 is 0 Å². The van der Waals surface area contributed by atoms with Gasteiger partial charge in [0.05, 0.1) is 5.56 Å². The predicted octanol–water partition coefficient (Wildman–Crippen LogP) is 3.16. The van der Waals surface area contributed by atoms with E-state index in [0.29, 0.717) is 17.5 Å². The fraction of sp³-hybridized carbons (Fsp3) is 0.500. The van der Waals surface area contributed by atoms with E-state index in [4.69, 9.17) is 0 Å². The van der Waals surface area contributed by atoms with E-state index in [-0.39, 0.29) is 14.3 Å². The summed E-state index contributed by atoms with van der Waals surface area (Å²) in [5.41, 5.74) is 0.901. The van der Waals surface area contributed by atoms with Crippen molar-refractivity contribution >= 4 is 20.0 Å². The summed E-state index contributed by atoms with van der Waals surface area (Å²) in [5.74, 6) is 1.45. The number of amides is 1. The average molecular weight is 347 g/mol. The maximum Gasteiger partial charge on any atom is 0.416 e. The van der Waals surface area contributed by atoms with Gasteiger partial charge in [-0.3, -0.25) is 4.79 Å². The van der Waals surface area contributed by atoms with Crippen LogP contribution in [0.2, 0.25) is 0 Å². The third kappa shape index (κ3) is 3.61. The molecule has 3 radical (unpaired) electrons. The van der Waals surface area contributed by atoms with Crippen LogP contribution in [0, 0.1) is 17.8 Å². The molecule has 3 nitrogen and oxygen atoms in total. The molecule has 5 rings (SSSR count). The Balaban J connectivity index is 0.00000182. The van der Waals surface area contributed by atoms with E-state index in [2.05, 4.69) is 10.2 Å². The van der Waals surface area contributed by atoms with E-state index in [1.165, 1.54) is 24.3 Å². The number of benzene rings is 1. The largest absolute Gasteiger partial charge is 0.416 e. The molecule has 4 fully saturated rings. The maximum atomic E-state index is 12.6. The molecule has 3 saturated heterocycles. The molecule has 0 aromatic heterocycles. The normalized spacial score (nSPS) is 30.0. The minimum absolute atomic E-state index is 0. The van der Waals surface area contributed by atoms with Gasteiger partial charge >= 0.3 is 6.18 Å².